The summed E-state index contributed by atoms with van der Waals surface area (Å²) < 4.78 is 5.31. The molecule has 0 amide bonds. The number of hydrogen-bond donors (Lipinski definition) is 2. The van der Waals surface area contributed by atoms with Crippen molar-refractivity contribution in [1.29, 1.82) is 0 Å². The summed E-state index contributed by atoms with van der Waals surface area (Å²) in [6.45, 7) is 2.43. The van der Waals surface area contributed by atoms with Crippen LogP contribution in [0.4, 0.5) is 0 Å². The molecule has 4 nitrogen and oxygen atoms in total. The van der Waals surface area contributed by atoms with Crippen molar-refractivity contribution >= 4 is 5.97 Å². The third-order valence-electron chi connectivity index (χ3n) is 3.88. The van der Waals surface area contributed by atoms with Crippen LogP contribution in [0.15, 0.2) is 0 Å². The Morgan fingerprint density at radius 3 is 2.69 bits per heavy atom. The van der Waals surface area contributed by atoms with Crippen LogP contribution in [-0.4, -0.2) is 36.4 Å². The number of ether oxygens (including phenoxy) is 1. The Hall–Kier alpha value is -0.610. The summed E-state index contributed by atoms with van der Waals surface area (Å²) in [7, 11) is 0. The molecule has 0 saturated carbocycles. The summed E-state index contributed by atoms with van der Waals surface area (Å²) in [5.74, 6) is -0.158. The van der Waals surface area contributed by atoms with Crippen LogP contribution in [0.5, 0.6) is 0 Å². The number of carboxylic acid groups (broad SMARTS) is 1. The number of piperidine rings is 1. The summed E-state index contributed by atoms with van der Waals surface area (Å²) in [6.07, 6.45) is 5.70. The van der Waals surface area contributed by atoms with Crippen molar-refractivity contribution in [2.45, 2.75) is 44.1 Å². The highest BCUT2D eigenvalue weighted by Gasteiger charge is 2.41. The van der Waals surface area contributed by atoms with Crippen LogP contribution < -0.4 is 5.32 Å². The molecule has 4 heteroatoms. The molecule has 1 atom stereocenters. The fraction of sp³-hybridized carbons (Fsp3) is 0.917. The molecule has 2 aliphatic heterocycles. The van der Waals surface area contributed by atoms with Gasteiger partial charge in [0.15, 0.2) is 0 Å². The van der Waals surface area contributed by atoms with Crippen LogP contribution in [-0.2, 0) is 9.53 Å². The Labute approximate surface area is 96.4 Å². The molecule has 0 aromatic heterocycles. The van der Waals surface area contributed by atoms with E-state index in [1.165, 1.54) is 0 Å². The molecule has 0 aromatic rings. The lowest BCUT2D eigenvalue weighted by molar-refractivity contribution is -0.147. The van der Waals surface area contributed by atoms with Crippen molar-refractivity contribution in [2.24, 2.45) is 5.92 Å². The van der Waals surface area contributed by atoms with Gasteiger partial charge in [0, 0.05) is 13.2 Å². The number of rotatable bonds is 3. The van der Waals surface area contributed by atoms with Gasteiger partial charge < -0.3 is 15.2 Å². The van der Waals surface area contributed by atoms with Gasteiger partial charge >= 0.3 is 5.97 Å². The van der Waals surface area contributed by atoms with Gasteiger partial charge in [0.2, 0.25) is 0 Å². The Morgan fingerprint density at radius 2 is 2.12 bits per heavy atom. The highest BCUT2D eigenvalue weighted by atomic mass is 16.5. The predicted molar refractivity (Wildman–Crippen MR) is 60.4 cm³/mol. The second-order valence-electron chi connectivity index (χ2n) is 5.03. The van der Waals surface area contributed by atoms with E-state index in [1.807, 2.05) is 0 Å². The average Bonchev–Trinajstić information content (AvgIpc) is 2.31. The molecule has 0 bridgehead atoms. The minimum atomic E-state index is -0.668. The molecule has 2 saturated heterocycles. The predicted octanol–water partition coefficient (Wildman–Crippen LogP) is 1.40. The van der Waals surface area contributed by atoms with Gasteiger partial charge in [-0.25, -0.2) is 0 Å². The van der Waals surface area contributed by atoms with Crippen molar-refractivity contribution in [3.63, 3.8) is 0 Å². The zero-order valence-corrected chi connectivity index (χ0v) is 9.71. The lowest BCUT2D eigenvalue weighted by Gasteiger charge is -2.38. The van der Waals surface area contributed by atoms with Crippen molar-refractivity contribution < 1.29 is 14.6 Å². The molecule has 92 valence electrons. The van der Waals surface area contributed by atoms with Crippen LogP contribution >= 0.6 is 0 Å². The van der Waals surface area contributed by atoms with Crippen LogP contribution in [0.25, 0.3) is 0 Å². The van der Waals surface area contributed by atoms with Crippen molar-refractivity contribution in [2.75, 3.05) is 19.8 Å². The topological polar surface area (TPSA) is 58.6 Å². The van der Waals surface area contributed by atoms with Gasteiger partial charge in [0.05, 0.1) is 0 Å². The van der Waals surface area contributed by atoms with Gasteiger partial charge in [-0.15, -0.1) is 0 Å². The maximum atomic E-state index is 11.5. The first-order valence-corrected chi connectivity index (χ1v) is 6.29. The van der Waals surface area contributed by atoms with Crippen LogP contribution in [0.2, 0.25) is 0 Å². The summed E-state index contributed by atoms with van der Waals surface area (Å²) in [6, 6.07) is 0. The van der Waals surface area contributed by atoms with E-state index in [2.05, 4.69) is 5.32 Å². The van der Waals surface area contributed by atoms with E-state index in [0.29, 0.717) is 5.92 Å². The smallest absolute Gasteiger partial charge is 0.323 e. The lowest BCUT2D eigenvalue weighted by atomic mass is 9.78. The van der Waals surface area contributed by atoms with Gasteiger partial charge in [-0.2, -0.15) is 0 Å². The summed E-state index contributed by atoms with van der Waals surface area (Å²) in [4.78, 5) is 11.5. The number of carbonyl (C=O) groups is 1. The second-order valence-corrected chi connectivity index (χ2v) is 5.03. The SMILES string of the molecule is O=C(O)C1(CC2CCOCC2)CCCCN1. The van der Waals surface area contributed by atoms with E-state index < -0.39 is 11.5 Å². The Morgan fingerprint density at radius 1 is 1.38 bits per heavy atom. The normalized spacial score (nSPS) is 32.5. The molecule has 2 N–H and O–H groups in total. The maximum Gasteiger partial charge on any atom is 0.323 e. The quantitative estimate of drug-likeness (QED) is 0.765. The summed E-state index contributed by atoms with van der Waals surface area (Å²) in [5.41, 5.74) is -0.653. The van der Waals surface area contributed by atoms with Gasteiger partial charge in [-0.05, 0) is 51.0 Å². The van der Waals surface area contributed by atoms with E-state index in [9.17, 15) is 9.90 Å². The van der Waals surface area contributed by atoms with Gasteiger partial charge in [-0.1, -0.05) is 0 Å². The molecule has 16 heavy (non-hydrogen) atoms. The van der Waals surface area contributed by atoms with Crippen molar-refractivity contribution in [1.82, 2.24) is 5.32 Å². The Kier molecular flexibility index (Phi) is 3.82. The molecular weight excluding hydrogens is 206 g/mol. The molecule has 2 fully saturated rings. The highest BCUT2D eigenvalue weighted by Crippen LogP contribution is 2.31. The first-order valence-electron chi connectivity index (χ1n) is 6.29. The molecule has 0 spiro atoms. The maximum absolute atomic E-state index is 11.5. The summed E-state index contributed by atoms with van der Waals surface area (Å²) >= 11 is 0. The summed E-state index contributed by atoms with van der Waals surface area (Å²) in [5, 5.41) is 12.7. The zero-order chi connectivity index (χ0) is 11.4. The van der Waals surface area contributed by atoms with Crippen molar-refractivity contribution in [3.8, 4) is 0 Å². The Bertz CT molecular complexity index is 243. The average molecular weight is 227 g/mol. The largest absolute Gasteiger partial charge is 0.480 e. The number of hydrogen-bond acceptors (Lipinski definition) is 3. The molecule has 0 radical (unpaired) electrons. The fourth-order valence-electron chi connectivity index (χ4n) is 2.86. The minimum absolute atomic E-state index is 0.510. The van der Waals surface area contributed by atoms with Gasteiger partial charge in [0.1, 0.15) is 5.54 Å². The number of aliphatic carboxylic acids is 1. The van der Waals surface area contributed by atoms with E-state index in [-0.39, 0.29) is 0 Å². The zero-order valence-electron chi connectivity index (χ0n) is 9.71. The molecule has 1 unspecified atom stereocenters. The van der Waals surface area contributed by atoms with E-state index in [0.717, 1.165) is 58.3 Å². The number of nitrogens with one attached hydrogen (secondary N) is 1. The first kappa shape index (κ1) is 11.9. The molecule has 2 aliphatic rings. The monoisotopic (exact) mass is 227 g/mol. The van der Waals surface area contributed by atoms with Gasteiger partial charge in [0.25, 0.3) is 0 Å². The molecule has 0 aliphatic carbocycles. The highest BCUT2D eigenvalue weighted by molar-refractivity contribution is 5.79. The van der Waals surface area contributed by atoms with E-state index in [4.69, 9.17) is 4.74 Å². The molecule has 2 heterocycles. The first-order chi connectivity index (χ1) is 7.73. The van der Waals surface area contributed by atoms with E-state index >= 15 is 0 Å². The van der Waals surface area contributed by atoms with Crippen LogP contribution in [0, 0.1) is 5.92 Å². The van der Waals surface area contributed by atoms with Crippen molar-refractivity contribution in [3.05, 3.63) is 0 Å². The van der Waals surface area contributed by atoms with Crippen LogP contribution in [0.1, 0.15) is 38.5 Å². The fourth-order valence-corrected chi connectivity index (χ4v) is 2.86. The molecular formula is C12H21NO3. The molecule has 0 aromatic carbocycles. The van der Waals surface area contributed by atoms with E-state index in [1.54, 1.807) is 0 Å². The third-order valence-corrected chi connectivity index (χ3v) is 3.88. The third kappa shape index (κ3) is 2.55. The lowest BCUT2D eigenvalue weighted by Crippen LogP contribution is -2.56. The number of carboxylic acids is 1. The minimum Gasteiger partial charge on any atom is -0.480 e. The Balaban J connectivity index is 1.98. The van der Waals surface area contributed by atoms with Gasteiger partial charge in [-0.3, -0.25) is 4.79 Å². The molecule has 2 rings (SSSR count). The second kappa shape index (κ2) is 5.15. The standard InChI is InChI=1S/C12H21NO3/c14-11(15)12(5-1-2-6-13-12)9-10-3-7-16-8-4-10/h10,13H,1-9H2,(H,14,15). The van der Waals surface area contributed by atoms with Crippen LogP contribution in [0.3, 0.4) is 0 Å².